The summed E-state index contributed by atoms with van der Waals surface area (Å²) < 4.78 is 0. The Morgan fingerprint density at radius 2 is 2.04 bits per heavy atom. The van der Waals surface area contributed by atoms with E-state index in [1.807, 2.05) is 18.2 Å². The van der Waals surface area contributed by atoms with Crippen LogP contribution in [0.4, 0.5) is 11.5 Å². The number of carboxylic acids is 1. The molecule has 26 heavy (non-hydrogen) atoms. The van der Waals surface area contributed by atoms with Crippen LogP contribution in [0.15, 0.2) is 48.8 Å². The molecular weight excluding hydrogens is 328 g/mol. The van der Waals surface area contributed by atoms with Gasteiger partial charge in [-0.1, -0.05) is 26.0 Å². The highest BCUT2D eigenvalue weighted by Crippen LogP contribution is 2.31. The van der Waals surface area contributed by atoms with Gasteiger partial charge >= 0.3 is 5.97 Å². The van der Waals surface area contributed by atoms with Crippen molar-refractivity contribution in [3.05, 3.63) is 60.0 Å². The Bertz CT molecular complexity index is 1130. The third kappa shape index (κ3) is 2.75. The van der Waals surface area contributed by atoms with Gasteiger partial charge < -0.3 is 15.4 Å². The molecule has 0 aliphatic rings. The molecule has 0 unspecified atom stereocenters. The summed E-state index contributed by atoms with van der Waals surface area (Å²) in [5, 5.41) is 14.3. The Kier molecular flexibility index (Phi) is 3.80. The van der Waals surface area contributed by atoms with Crippen molar-refractivity contribution in [1.82, 2.24) is 15.0 Å². The lowest BCUT2D eigenvalue weighted by atomic mass is 10.0. The molecule has 0 spiro atoms. The molecule has 0 saturated heterocycles. The van der Waals surface area contributed by atoms with E-state index in [1.54, 1.807) is 18.5 Å². The molecule has 6 nitrogen and oxygen atoms in total. The van der Waals surface area contributed by atoms with Gasteiger partial charge in [0, 0.05) is 22.7 Å². The lowest BCUT2D eigenvalue weighted by Crippen LogP contribution is -1.98. The van der Waals surface area contributed by atoms with E-state index in [9.17, 15) is 9.90 Å². The molecule has 4 rings (SSSR count). The summed E-state index contributed by atoms with van der Waals surface area (Å²) in [6.07, 6.45) is 3.36. The number of H-pyrrole nitrogens is 1. The van der Waals surface area contributed by atoms with Crippen molar-refractivity contribution in [3.8, 4) is 0 Å². The van der Waals surface area contributed by atoms with E-state index in [1.165, 1.54) is 5.56 Å². The first kappa shape index (κ1) is 16.1. The Hall–Kier alpha value is -3.41. The molecule has 0 fully saturated rings. The van der Waals surface area contributed by atoms with Crippen LogP contribution in [0.5, 0.6) is 0 Å². The zero-order valence-corrected chi connectivity index (χ0v) is 14.4. The third-order valence-electron chi connectivity index (χ3n) is 4.42. The minimum atomic E-state index is -1.00. The SMILES string of the molecule is CC(C)c1cccc(Nc2nc3cnccc3c3cc(C(=O)O)[nH]c23)c1. The Balaban J connectivity index is 1.90. The Labute approximate surface area is 149 Å². The number of benzene rings is 1. The summed E-state index contributed by atoms with van der Waals surface area (Å²) in [5.74, 6) is -0.0142. The fraction of sp³-hybridized carbons (Fsp3) is 0.150. The fourth-order valence-electron chi connectivity index (χ4n) is 3.05. The number of anilines is 2. The molecule has 6 heteroatoms. The molecule has 0 aliphatic heterocycles. The van der Waals surface area contributed by atoms with E-state index in [0.717, 1.165) is 16.5 Å². The number of fused-ring (bicyclic) bond motifs is 3. The molecule has 3 aromatic heterocycles. The minimum absolute atomic E-state index is 0.130. The minimum Gasteiger partial charge on any atom is -0.477 e. The van der Waals surface area contributed by atoms with Gasteiger partial charge in [-0.3, -0.25) is 4.98 Å². The molecule has 0 radical (unpaired) electrons. The lowest BCUT2D eigenvalue weighted by Gasteiger charge is -2.11. The molecule has 0 saturated carbocycles. The maximum atomic E-state index is 11.4. The van der Waals surface area contributed by atoms with Gasteiger partial charge in [0.1, 0.15) is 5.69 Å². The van der Waals surface area contributed by atoms with Gasteiger partial charge in [-0.15, -0.1) is 0 Å². The lowest BCUT2D eigenvalue weighted by molar-refractivity contribution is 0.0691. The predicted octanol–water partition coefficient (Wildman–Crippen LogP) is 4.68. The van der Waals surface area contributed by atoms with Crippen LogP contribution in [-0.2, 0) is 0 Å². The van der Waals surface area contributed by atoms with Crippen LogP contribution in [0.25, 0.3) is 21.8 Å². The van der Waals surface area contributed by atoms with Crippen molar-refractivity contribution in [2.24, 2.45) is 0 Å². The summed E-state index contributed by atoms with van der Waals surface area (Å²) in [5.41, 5.74) is 3.62. The van der Waals surface area contributed by atoms with Gasteiger partial charge in [-0.05, 0) is 35.7 Å². The number of aromatic carboxylic acids is 1. The molecule has 3 heterocycles. The number of carbonyl (C=O) groups is 1. The molecule has 0 atom stereocenters. The summed E-state index contributed by atoms with van der Waals surface area (Å²) in [6.45, 7) is 4.28. The number of aromatic amines is 1. The normalized spacial score (nSPS) is 11.3. The van der Waals surface area contributed by atoms with Crippen LogP contribution in [-0.4, -0.2) is 26.0 Å². The topological polar surface area (TPSA) is 90.9 Å². The average Bonchev–Trinajstić information content (AvgIpc) is 3.08. The number of pyridine rings is 2. The highest BCUT2D eigenvalue weighted by atomic mass is 16.4. The zero-order valence-electron chi connectivity index (χ0n) is 14.4. The van der Waals surface area contributed by atoms with Crippen LogP contribution >= 0.6 is 0 Å². The Morgan fingerprint density at radius 3 is 2.81 bits per heavy atom. The van der Waals surface area contributed by atoms with Crippen molar-refractivity contribution in [2.45, 2.75) is 19.8 Å². The van der Waals surface area contributed by atoms with Crippen molar-refractivity contribution in [1.29, 1.82) is 0 Å². The van der Waals surface area contributed by atoms with Crippen LogP contribution in [0.1, 0.15) is 35.8 Å². The number of aromatic nitrogens is 3. The number of rotatable bonds is 4. The first-order valence-corrected chi connectivity index (χ1v) is 8.39. The predicted molar refractivity (Wildman–Crippen MR) is 102 cm³/mol. The summed E-state index contributed by atoms with van der Waals surface area (Å²) in [6, 6.07) is 11.6. The van der Waals surface area contributed by atoms with E-state index in [2.05, 4.69) is 46.2 Å². The molecule has 0 amide bonds. The molecule has 1 aromatic carbocycles. The van der Waals surface area contributed by atoms with Crippen LogP contribution in [0, 0.1) is 0 Å². The monoisotopic (exact) mass is 346 g/mol. The van der Waals surface area contributed by atoms with Gasteiger partial charge in [-0.25, -0.2) is 9.78 Å². The summed E-state index contributed by atoms with van der Waals surface area (Å²) in [4.78, 5) is 23.2. The van der Waals surface area contributed by atoms with Crippen LogP contribution in [0.3, 0.4) is 0 Å². The first-order chi connectivity index (χ1) is 12.5. The molecule has 130 valence electrons. The maximum Gasteiger partial charge on any atom is 0.352 e. The zero-order chi connectivity index (χ0) is 18.3. The van der Waals surface area contributed by atoms with Gasteiger partial charge in [-0.2, -0.15) is 0 Å². The van der Waals surface area contributed by atoms with E-state index in [-0.39, 0.29) is 5.69 Å². The second-order valence-electron chi connectivity index (χ2n) is 6.54. The van der Waals surface area contributed by atoms with Crippen molar-refractivity contribution in [2.75, 3.05) is 5.32 Å². The summed E-state index contributed by atoms with van der Waals surface area (Å²) in [7, 11) is 0. The van der Waals surface area contributed by atoms with Gasteiger partial charge in [0.15, 0.2) is 5.82 Å². The van der Waals surface area contributed by atoms with E-state index in [4.69, 9.17) is 0 Å². The number of nitrogens with zero attached hydrogens (tertiary/aromatic N) is 2. The molecule has 0 aliphatic carbocycles. The molecule has 0 bridgehead atoms. The van der Waals surface area contributed by atoms with Crippen LogP contribution in [0.2, 0.25) is 0 Å². The quantitative estimate of drug-likeness (QED) is 0.499. The summed E-state index contributed by atoms with van der Waals surface area (Å²) >= 11 is 0. The average molecular weight is 346 g/mol. The van der Waals surface area contributed by atoms with E-state index < -0.39 is 5.97 Å². The smallest absolute Gasteiger partial charge is 0.352 e. The molecule has 3 N–H and O–H groups in total. The standard InChI is InChI=1S/C20H18N4O2/c1-11(2)12-4-3-5-13(8-12)22-19-18-15(9-16(23-18)20(25)26)14-6-7-21-10-17(14)24-19/h3-11,23H,1-2H3,(H,22,24)(H,25,26). The van der Waals surface area contributed by atoms with Crippen molar-refractivity contribution in [3.63, 3.8) is 0 Å². The van der Waals surface area contributed by atoms with E-state index in [0.29, 0.717) is 22.8 Å². The largest absolute Gasteiger partial charge is 0.477 e. The van der Waals surface area contributed by atoms with Crippen molar-refractivity contribution < 1.29 is 9.90 Å². The number of carboxylic acid groups (broad SMARTS) is 1. The molecular formula is C20H18N4O2. The highest BCUT2D eigenvalue weighted by molar-refractivity contribution is 6.11. The first-order valence-electron chi connectivity index (χ1n) is 8.39. The van der Waals surface area contributed by atoms with Crippen LogP contribution < -0.4 is 5.32 Å². The number of hydrogen-bond acceptors (Lipinski definition) is 4. The van der Waals surface area contributed by atoms with Crippen molar-refractivity contribution >= 4 is 39.3 Å². The highest BCUT2D eigenvalue weighted by Gasteiger charge is 2.15. The maximum absolute atomic E-state index is 11.4. The van der Waals surface area contributed by atoms with E-state index >= 15 is 0 Å². The second kappa shape index (κ2) is 6.15. The second-order valence-corrected chi connectivity index (χ2v) is 6.54. The molecule has 4 aromatic rings. The van der Waals surface area contributed by atoms with Gasteiger partial charge in [0.2, 0.25) is 0 Å². The third-order valence-corrected chi connectivity index (χ3v) is 4.42. The number of nitrogens with one attached hydrogen (secondary N) is 2. The van der Waals surface area contributed by atoms with Gasteiger partial charge in [0.25, 0.3) is 0 Å². The number of hydrogen-bond donors (Lipinski definition) is 3. The Morgan fingerprint density at radius 1 is 1.19 bits per heavy atom. The fourth-order valence-corrected chi connectivity index (χ4v) is 3.05. The van der Waals surface area contributed by atoms with Gasteiger partial charge in [0.05, 0.1) is 17.2 Å².